The predicted octanol–water partition coefficient (Wildman–Crippen LogP) is 2.63. The van der Waals surface area contributed by atoms with Crippen LogP contribution in [0, 0.1) is 0 Å². The van der Waals surface area contributed by atoms with E-state index >= 15 is 0 Å². The Labute approximate surface area is 180 Å². The number of halogens is 2. The molecule has 2 heterocycles. The minimum Gasteiger partial charge on any atom is -0.486 e. The lowest BCUT2D eigenvalue weighted by molar-refractivity contribution is -0.122. The van der Waals surface area contributed by atoms with Gasteiger partial charge >= 0.3 is 0 Å². The van der Waals surface area contributed by atoms with Gasteiger partial charge in [0.25, 0.3) is 0 Å². The highest BCUT2D eigenvalue weighted by Gasteiger charge is 2.28. The van der Waals surface area contributed by atoms with E-state index in [1.165, 1.54) is 6.08 Å². The molecule has 6 nitrogen and oxygen atoms in total. The molecule has 0 bridgehead atoms. The molecule has 1 saturated heterocycles. The first-order chi connectivity index (χ1) is 15.0. The highest BCUT2D eigenvalue weighted by Crippen LogP contribution is 2.33. The number of allylic oxidation sites excluding steroid dienone is 3. The van der Waals surface area contributed by atoms with Crippen molar-refractivity contribution in [3.63, 3.8) is 0 Å². The number of benzene rings is 1. The summed E-state index contributed by atoms with van der Waals surface area (Å²) in [6, 6.07) is 4.71. The number of alkyl halides is 2. The van der Waals surface area contributed by atoms with Gasteiger partial charge in [0.1, 0.15) is 19.3 Å². The second-order valence-electron chi connectivity index (χ2n) is 8.20. The predicted molar refractivity (Wildman–Crippen MR) is 112 cm³/mol. The number of nitrogens with zero attached hydrogens (tertiary/aromatic N) is 1. The number of fused-ring (bicyclic) bond motifs is 1. The van der Waals surface area contributed by atoms with Crippen LogP contribution in [0.25, 0.3) is 0 Å². The molecule has 1 aromatic carbocycles. The average molecular weight is 434 g/mol. The minimum absolute atomic E-state index is 0.0754. The van der Waals surface area contributed by atoms with E-state index in [-0.39, 0.29) is 12.3 Å². The van der Waals surface area contributed by atoms with Gasteiger partial charge in [0.05, 0.1) is 12.5 Å². The molecule has 0 saturated carbocycles. The van der Waals surface area contributed by atoms with Crippen LogP contribution in [0.15, 0.2) is 42.0 Å². The van der Waals surface area contributed by atoms with Gasteiger partial charge in [0.15, 0.2) is 23.8 Å². The summed E-state index contributed by atoms with van der Waals surface area (Å²) in [6.07, 6.45) is 1.42. The van der Waals surface area contributed by atoms with Crippen molar-refractivity contribution in [3.8, 4) is 11.5 Å². The number of ether oxygens (including phenoxy) is 2. The summed E-state index contributed by atoms with van der Waals surface area (Å²) in [5.41, 5.74) is 1.04. The number of likely N-dealkylation sites (tertiary alicyclic amines) is 1. The monoisotopic (exact) mass is 434 g/mol. The Kier molecular flexibility index (Phi) is 6.87. The summed E-state index contributed by atoms with van der Waals surface area (Å²) < 4.78 is 38.0. The first-order valence-corrected chi connectivity index (χ1v) is 10.8. The summed E-state index contributed by atoms with van der Waals surface area (Å²) in [5.74, 6) is 0.854. The largest absolute Gasteiger partial charge is 0.486 e. The van der Waals surface area contributed by atoms with Crippen LogP contribution < -0.4 is 14.8 Å². The molecule has 31 heavy (non-hydrogen) atoms. The molecular formula is C23H28F2N2O4. The maximum absolute atomic E-state index is 13.6. The molecule has 3 unspecified atom stereocenters. The molecule has 0 radical (unpaired) electrons. The van der Waals surface area contributed by atoms with E-state index < -0.39 is 24.5 Å². The average Bonchev–Trinajstić information content (AvgIpc) is 3.28. The first-order valence-electron chi connectivity index (χ1n) is 10.8. The molecular weight excluding hydrogens is 406 g/mol. The fourth-order valence-corrected chi connectivity index (χ4v) is 4.18. The maximum atomic E-state index is 13.6. The number of aliphatic hydroxyl groups excluding tert-OH is 1. The molecule has 2 N–H and O–H groups in total. The van der Waals surface area contributed by atoms with E-state index in [0.29, 0.717) is 42.4 Å². The van der Waals surface area contributed by atoms with Crippen molar-refractivity contribution in [2.75, 3.05) is 32.8 Å². The number of rotatable bonds is 7. The number of nitrogens with one attached hydrogen (secondary N) is 1. The number of hydrogen-bond acceptors (Lipinski definition) is 5. The fraction of sp³-hybridized carbons (Fsp3) is 0.522. The van der Waals surface area contributed by atoms with Gasteiger partial charge in [-0.2, -0.15) is 0 Å². The molecule has 0 spiro atoms. The lowest BCUT2D eigenvalue weighted by Gasteiger charge is -2.29. The zero-order valence-corrected chi connectivity index (χ0v) is 17.3. The van der Waals surface area contributed by atoms with Gasteiger partial charge < -0.3 is 24.8 Å². The Morgan fingerprint density at radius 1 is 1.16 bits per heavy atom. The molecule has 2 aliphatic heterocycles. The zero-order chi connectivity index (χ0) is 21.8. The summed E-state index contributed by atoms with van der Waals surface area (Å²) in [7, 11) is 0. The van der Waals surface area contributed by atoms with E-state index in [2.05, 4.69) is 10.2 Å². The Bertz CT molecular complexity index is 854. The lowest BCUT2D eigenvalue weighted by Crippen LogP contribution is -2.46. The van der Waals surface area contributed by atoms with Gasteiger partial charge in [0, 0.05) is 6.54 Å². The topological polar surface area (TPSA) is 71.0 Å². The molecule has 1 aliphatic carbocycles. The van der Waals surface area contributed by atoms with Gasteiger partial charge in [-0.25, -0.2) is 8.78 Å². The van der Waals surface area contributed by atoms with E-state index in [9.17, 15) is 18.7 Å². The molecule has 168 valence electrons. The van der Waals surface area contributed by atoms with Gasteiger partial charge in [-0.1, -0.05) is 12.1 Å². The molecule has 1 amide bonds. The lowest BCUT2D eigenvalue weighted by atomic mass is 9.99. The van der Waals surface area contributed by atoms with Crippen molar-refractivity contribution in [2.45, 2.75) is 43.8 Å². The Morgan fingerprint density at radius 2 is 1.90 bits per heavy atom. The van der Waals surface area contributed by atoms with E-state index in [1.54, 1.807) is 18.2 Å². The van der Waals surface area contributed by atoms with Crippen molar-refractivity contribution in [1.29, 1.82) is 0 Å². The summed E-state index contributed by atoms with van der Waals surface area (Å²) >= 11 is 0. The van der Waals surface area contributed by atoms with Gasteiger partial charge in [-0.3, -0.25) is 4.79 Å². The smallest absolute Gasteiger partial charge is 0.224 e. The molecule has 8 heteroatoms. The molecule has 3 aliphatic rings. The van der Waals surface area contributed by atoms with Crippen LogP contribution in [0.2, 0.25) is 0 Å². The summed E-state index contributed by atoms with van der Waals surface area (Å²) in [6.45, 7) is 3.24. The van der Waals surface area contributed by atoms with E-state index in [0.717, 1.165) is 38.1 Å². The van der Waals surface area contributed by atoms with Crippen LogP contribution in [0.5, 0.6) is 11.5 Å². The van der Waals surface area contributed by atoms with Crippen molar-refractivity contribution < 1.29 is 28.2 Å². The number of carbonyl (C=O) groups is 1. The van der Waals surface area contributed by atoms with E-state index in [4.69, 9.17) is 9.47 Å². The van der Waals surface area contributed by atoms with Gasteiger partial charge in [0.2, 0.25) is 5.91 Å². The van der Waals surface area contributed by atoms with Crippen molar-refractivity contribution >= 4 is 5.91 Å². The molecule has 0 aromatic heterocycles. The third-order valence-corrected chi connectivity index (χ3v) is 5.83. The number of amides is 1. The third-order valence-electron chi connectivity index (χ3n) is 5.83. The molecule has 4 atom stereocenters. The van der Waals surface area contributed by atoms with Crippen LogP contribution in [0.1, 0.15) is 30.9 Å². The highest BCUT2D eigenvalue weighted by molar-refractivity contribution is 5.79. The first kappa shape index (κ1) is 21.8. The molecule has 1 aromatic rings. The molecule has 1 fully saturated rings. The van der Waals surface area contributed by atoms with Crippen molar-refractivity contribution in [2.24, 2.45) is 0 Å². The SMILES string of the molecule is O=C(CC1=CC(F)C(F)C=C1)N[C@H](CN1CCCC1)C(O)c1ccc2c(c1)OCCO2. The Balaban J connectivity index is 1.46. The van der Waals surface area contributed by atoms with Crippen LogP contribution in [-0.4, -0.2) is 67.1 Å². The molecule has 4 rings (SSSR count). The number of hydrogen-bond donors (Lipinski definition) is 2. The quantitative estimate of drug-likeness (QED) is 0.691. The Hall–Kier alpha value is -2.45. The standard InChI is InChI=1S/C23H28F2N2O4/c24-17-5-3-15(11-18(17)25)12-22(28)26-19(14-27-7-1-2-8-27)23(29)16-4-6-20-21(13-16)31-10-9-30-20/h3-6,11,13,17-19,23,29H,1-2,7-10,12,14H2,(H,26,28)/t17?,18?,19-,23?/m1/s1. The third kappa shape index (κ3) is 5.43. The fourth-order valence-electron chi connectivity index (χ4n) is 4.18. The van der Waals surface area contributed by atoms with Crippen LogP contribution in [0.4, 0.5) is 8.78 Å². The highest BCUT2D eigenvalue weighted by atomic mass is 19.2. The van der Waals surface area contributed by atoms with Crippen molar-refractivity contribution in [3.05, 3.63) is 47.6 Å². The maximum Gasteiger partial charge on any atom is 0.224 e. The second-order valence-corrected chi connectivity index (χ2v) is 8.20. The van der Waals surface area contributed by atoms with Crippen LogP contribution in [-0.2, 0) is 4.79 Å². The number of aliphatic hydroxyl groups is 1. The number of carbonyl (C=O) groups excluding carboxylic acids is 1. The zero-order valence-electron chi connectivity index (χ0n) is 17.3. The van der Waals surface area contributed by atoms with Crippen molar-refractivity contribution in [1.82, 2.24) is 10.2 Å². The second kappa shape index (κ2) is 9.78. The normalized spacial score (nSPS) is 25.1. The van der Waals surface area contributed by atoms with Crippen LogP contribution >= 0.6 is 0 Å². The van der Waals surface area contributed by atoms with Gasteiger partial charge in [-0.05, 0) is 61.4 Å². The Morgan fingerprint density at radius 3 is 2.65 bits per heavy atom. The summed E-state index contributed by atoms with van der Waals surface area (Å²) in [5, 5.41) is 14.0. The van der Waals surface area contributed by atoms with E-state index in [1.807, 2.05) is 0 Å². The van der Waals surface area contributed by atoms with Crippen LogP contribution in [0.3, 0.4) is 0 Å². The van der Waals surface area contributed by atoms with Gasteiger partial charge in [-0.15, -0.1) is 0 Å². The minimum atomic E-state index is -1.74. The summed E-state index contributed by atoms with van der Waals surface area (Å²) in [4.78, 5) is 14.9.